The first-order chi connectivity index (χ1) is 18.8. The fourth-order valence-electron chi connectivity index (χ4n) is 6.24. The Kier molecular flexibility index (Phi) is 8.30. The van der Waals surface area contributed by atoms with Crippen LogP contribution < -0.4 is 9.47 Å². The summed E-state index contributed by atoms with van der Waals surface area (Å²) in [4.78, 5) is 11.4. The van der Waals surface area contributed by atoms with Crippen LogP contribution in [0, 0.1) is 5.41 Å². The Morgan fingerprint density at radius 2 is 1.79 bits per heavy atom. The van der Waals surface area contributed by atoms with E-state index in [9.17, 15) is 9.90 Å². The highest BCUT2D eigenvalue weighted by Crippen LogP contribution is 2.51. The third kappa shape index (κ3) is 6.84. The summed E-state index contributed by atoms with van der Waals surface area (Å²) >= 11 is 0. The van der Waals surface area contributed by atoms with Crippen molar-refractivity contribution in [2.24, 2.45) is 5.41 Å². The Labute approximate surface area is 233 Å². The molecule has 0 spiro atoms. The highest BCUT2D eigenvalue weighted by atomic mass is 16.5. The van der Waals surface area contributed by atoms with Crippen molar-refractivity contribution >= 4 is 5.97 Å². The number of hydrogen-bond donors (Lipinski definition) is 1. The second-order valence-corrected chi connectivity index (χ2v) is 12.1. The average Bonchev–Trinajstić information content (AvgIpc) is 3.66. The van der Waals surface area contributed by atoms with Gasteiger partial charge < -0.3 is 14.6 Å². The van der Waals surface area contributed by atoms with E-state index in [1.165, 1.54) is 36.0 Å². The van der Waals surface area contributed by atoms with Gasteiger partial charge in [0.1, 0.15) is 18.1 Å². The monoisotopic (exact) mass is 526 g/mol. The minimum atomic E-state index is -0.758. The molecule has 2 saturated carbocycles. The Balaban J connectivity index is 1.39. The van der Waals surface area contributed by atoms with Crippen molar-refractivity contribution < 1.29 is 19.4 Å². The topological polar surface area (TPSA) is 55.8 Å². The standard InChI is InChI=1S/C35H42O4/c1-4-8-25(22-34(36)37)26-9-5-11-29(20-26)38-23-24-14-17-31(32(19-24)33-13-7-18-35(33,2)3)27-10-6-12-30(21-27)39-28-15-16-28/h5-6,9-12,14,17,19-21,25,28,33H,4,7-8,13,15-16,18,22-23H2,1-3H3,(H,36,37)/t25-,33-/m0/s1. The molecule has 0 amide bonds. The number of benzene rings is 3. The summed E-state index contributed by atoms with van der Waals surface area (Å²) in [5.41, 5.74) is 6.35. The molecule has 2 fully saturated rings. The number of ether oxygens (including phenoxy) is 2. The summed E-state index contributed by atoms with van der Waals surface area (Å²) in [5, 5.41) is 9.37. The van der Waals surface area contributed by atoms with Gasteiger partial charge in [0.05, 0.1) is 12.5 Å². The maximum Gasteiger partial charge on any atom is 0.303 e. The fraction of sp³-hybridized carbons (Fsp3) is 0.457. The zero-order valence-corrected chi connectivity index (χ0v) is 23.6. The quantitative estimate of drug-likeness (QED) is 0.256. The van der Waals surface area contributed by atoms with Crippen LogP contribution in [0.1, 0.15) is 101 Å². The predicted molar refractivity (Wildman–Crippen MR) is 157 cm³/mol. The molecule has 3 aromatic rings. The van der Waals surface area contributed by atoms with E-state index >= 15 is 0 Å². The Morgan fingerprint density at radius 1 is 1.00 bits per heavy atom. The van der Waals surface area contributed by atoms with Crippen molar-refractivity contribution in [3.8, 4) is 22.6 Å². The van der Waals surface area contributed by atoms with E-state index in [-0.39, 0.29) is 17.8 Å². The van der Waals surface area contributed by atoms with E-state index in [1.807, 2.05) is 24.3 Å². The van der Waals surface area contributed by atoms with Crippen LogP contribution in [0.4, 0.5) is 0 Å². The van der Waals surface area contributed by atoms with Crippen molar-refractivity contribution in [1.82, 2.24) is 0 Å². The number of carboxylic acids is 1. The van der Waals surface area contributed by atoms with E-state index in [4.69, 9.17) is 9.47 Å². The van der Waals surface area contributed by atoms with E-state index in [0.717, 1.165) is 48.3 Å². The summed E-state index contributed by atoms with van der Waals surface area (Å²) in [6, 6.07) is 23.4. The third-order valence-electron chi connectivity index (χ3n) is 8.51. The summed E-state index contributed by atoms with van der Waals surface area (Å²) in [5.74, 6) is 1.49. The van der Waals surface area contributed by atoms with Gasteiger partial charge in [-0.1, -0.05) is 76.1 Å². The molecule has 39 heavy (non-hydrogen) atoms. The molecular formula is C35H42O4. The number of hydrogen-bond acceptors (Lipinski definition) is 3. The van der Waals surface area contributed by atoms with Gasteiger partial charge in [-0.25, -0.2) is 0 Å². The van der Waals surface area contributed by atoms with Crippen molar-refractivity contribution in [2.45, 2.75) is 96.7 Å². The number of rotatable bonds is 12. The molecule has 2 aliphatic rings. The Hall–Kier alpha value is -3.27. The number of carbonyl (C=O) groups is 1. The van der Waals surface area contributed by atoms with Gasteiger partial charge >= 0.3 is 5.97 Å². The maximum absolute atomic E-state index is 11.4. The molecule has 2 aliphatic carbocycles. The second-order valence-electron chi connectivity index (χ2n) is 12.1. The van der Waals surface area contributed by atoms with Crippen LogP contribution in [0.3, 0.4) is 0 Å². The van der Waals surface area contributed by atoms with Crippen LogP contribution >= 0.6 is 0 Å². The Bertz CT molecular complexity index is 1290. The number of carboxylic acid groups (broad SMARTS) is 1. The molecule has 3 aromatic carbocycles. The molecule has 1 N–H and O–H groups in total. The third-order valence-corrected chi connectivity index (χ3v) is 8.51. The van der Waals surface area contributed by atoms with Crippen LogP contribution in [0.2, 0.25) is 0 Å². The molecule has 0 saturated heterocycles. The highest BCUT2D eigenvalue weighted by Gasteiger charge is 2.37. The molecule has 0 unspecified atom stereocenters. The van der Waals surface area contributed by atoms with Gasteiger partial charge in [-0.2, -0.15) is 0 Å². The lowest BCUT2D eigenvalue weighted by molar-refractivity contribution is -0.137. The normalized spacial score (nSPS) is 19.0. The predicted octanol–water partition coefficient (Wildman–Crippen LogP) is 9.13. The fourth-order valence-corrected chi connectivity index (χ4v) is 6.24. The minimum Gasteiger partial charge on any atom is -0.490 e. The molecular weight excluding hydrogens is 484 g/mol. The molecule has 2 atom stereocenters. The van der Waals surface area contributed by atoms with Crippen molar-refractivity contribution in [3.63, 3.8) is 0 Å². The minimum absolute atomic E-state index is 0.00573. The summed E-state index contributed by atoms with van der Waals surface area (Å²) in [6.45, 7) is 7.38. The van der Waals surface area contributed by atoms with Crippen LogP contribution in [-0.4, -0.2) is 17.2 Å². The van der Waals surface area contributed by atoms with Crippen LogP contribution in [0.5, 0.6) is 11.5 Å². The first kappa shape index (κ1) is 27.3. The van der Waals surface area contributed by atoms with Gasteiger partial charge in [0.2, 0.25) is 0 Å². The average molecular weight is 527 g/mol. The maximum atomic E-state index is 11.4. The van der Waals surface area contributed by atoms with Crippen molar-refractivity contribution in [3.05, 3.63) is 83.4 Å². The summed E-state index contributed by atoms with van der Waals surface area (Å²) in [7, 11) is 0. The van der Waals surface area contributed by atoms with Gasteiger partial charge in [-0.15, -0.1) is 0 Å². The SMILES string of the molecule is CCC[C@@H](CC(=O)O)c1cccc(OCc2ccc(-c3cccc(OC4CC4)c3)c([C@@H]3CCCC3(C)C)c2)c1. The van der Waals surface area contributed by atoms with Crippen LogP contribution in [0.25, 0.3) is 11.1 Å². The smallest absolute Gasteiger partial charge is 0.303 e. The molecule has 0 radical (unpaired) electrons. The van der Waals surface area contributed by atoms with Crippen LogP contribution in [0.15, 0.2) is 66.7 Å². The van der Waals surface area contributed by atoms with E-state index < -0.39 is 5.97 Å². The molecule has 0 aromatic heterocycles. The lowest BCUT2D eigenvalue weighted by atomic mass is 9.75. The molecule has 5 rings (SSSR count). The van der Waals surface area contributed by atoms with Gasteiger partial charge in [0.15, 0.2) is 0 Å². The van der Waals surface area contributed by atoms with Crippen molar-refractivity contribution in [1.29, 1.82) is 0 Å². The zero-order valence-electron chi connectivity index (χ0n) is 23.6. The van der Waals surface area contributed by atoms with Gasteiger partial charge in [0, 0.05) is 0 Å². The Morgan fingerprint density at radius 3 is 2.51 bits per heavy atom. The number of aliphatic carboxylic acids is 1. The first-order valence-electron chi connectivity index (χ1n) is 14.7. The van der Waals surface area contributed by atoms with Gasteiger partial charge in [-0.05, 0) is 101 Å². The molecule has 0 bridgehead atoms. The summed E-state index contributed by atoms with van der Waals surface area (Å²) < 4.78 is 12.4. The molecule has 0 aliphatic heterocycles. The van der Waals surface area contributed by atoms with E-state index in [0.29, 0.717) is 18.6 Å². The lowest BCUT2D eigenvalue weighted by Gasteiger charge is -2.30. The molecule has 4 nitrogen and oxygen atoms in total. The van der Waals surface area contributed by atoms with Crippen molar-refractivity contribution in [2.75, 3.05) is 0 Å². The van der Waals surface area contributed by atoms with Gasteiger partial charge in [0.25, 0.3) is 0 Å². The summed E-state index contributed by atoms with van der Waals surface area (Å²) in [6.07, 6.45) is 8.34. The largest absolute Gasteiger partial charge is 0.490 e. The lowest BCUT2D eigenvalue weighted by Crippen LogP contribution is -2.16. The van der Waals surface area contributed by atoms with Gasteiger partial charge in [-0.3, -0.25) is 4.79 Å². The first-order valence-corrected chi connectivity index (χ1v) is 14.7. The zero-order chi connectivity index (χ0) is 27.4. The molecule has 4 heteroatoms. The second kappa shape index (κ2) is 11.9. The van der Waals surface area contributed by atoms with E-state index in [2.05, 4.69) is 63.2 Å². The van der Waals surface area contributed by atoms with E-state index in [1.54, 1.807) is 0 Å². The highest BCUT2D eigenvalue weighted by molar-refractivity contribution is 5.70. The molecule has 0 heterocycles. The molecule has 206 valence electrons. The van der Waals surface area contributed by atoms with Crippen LogP contribution in [-0.2, 0) is 11.4 Å².